The predicted octanol–water partition coefficient (Wildman–Crippen LogP) is 4.12. The van der Waals surface area contributed by atoms with Crippen molar-refractivity contribution >= 4 is 28.4 Å². The number of anilines is 1. The summed E-state index contributed by atoms with van der Waals surface area (Å²) in [5, 5.41) is 3.54. The lowest BCUT2D eigenvalue weighted by Crippen LogP contribution is -2.23. The van der Waals surface area contributed by atoms with E-state index in [4.69, 9.17) is 11.2 Å². The first kappa shape index (κ1) is 19.6. The summed E-state index contributed by atoms with van der Waals surface area (Å²) in [7, 11) is 0. The fourth-order valence-electron chi connectivity index (χ4n) is 2.91. The lowest BCUT2D eigenvalue weighted by molar-refractivity contribution is 0.102. The first-order valence-electron chi connectivity index (χ1n) is 8.30. The molecule has 142 valence electrons. The molecule has 3 rings (SSSR count). The third kappa shape index (κ3) is 4.21. The number of ether oxygens (including phenoxy) is 1. The van der Waals surface area contributed by atoms with Crippen molar-refractivity contribution in [1.29, 1.82) is 0 Å². The van der Waals surface area contributed by atoms with Gasteiger partial charge in [-0.25, -0.2) is 14.4 Å². The van der Waals surface area contributed by atoms with Crippen molar-refractivity contribution < 1.29 is 13.9 Å². The summed E-state index contributed by atoms with van der Waals surface area (Å²) in [6, 6.07) is 4.36. The number of carbonyl (C=O) groups excluding carboxylic acids is 1. The quantitative estimate of drug-likeness (QED) is 0.787. The molecule has 0 spiro atoms. The van der Waals surface area contributed by atoms with Gasteiger partial charge in [0, 0.05) is 11.3 Å². The minimum Gasteiger partial charge on any atom is -0.386 e. The standard InChI is InChI=1S/C20H17FN4O2S/c1-5-27-18-11-22-17(10-23-18)19(26)24-14-6-7-16(21)15(8-14)20(4)9-12(2)28-13(3)25-20/h1,6-11H,2-4H3,(H,24,26). The first-order chi connectivity index (χ1) is 13.3. The average molecular weight is 396 g/mol. The second-order valence-corrected chi connectivity index (χ2v) is 7.68. The molecule has 1 N–H and O–H groups in total. The zero-order chi connectivity index (χ0) is 20.3. The van der Waals surface area contributed by atoms with E-state index in [9.17, 15) is 9.18 Å². The van der Waals surface area contributed by atoms with Gasteiger partial charge in [0.2, 0.25) is 5.88 Å². The molecule has 28 heavy (non-hydrogen) atoms. The molecule has 0 saturated carbocycles. The normalized spacial score (nSPS) is 18.5. The van der Waals surface area contributed by atoms with E-state index in [0.29, 0.717) is 11.3 Å². The van der Waals surface area contributed by atoms with Gasteiger partial charge in [-0.05, 0) is 50.0 Å². The number of allylic oxidation sites excluding steroid dienone is 1. The topological polar surface area (TPSA) is 76.5 Å². The average Bonchev–Trinajstić information content (AvgIpc) is 2.63. The van der Waals surface area contributed by atoms with Crippen molar-refractivity contribution in [2.45, 2.75) is 26.3 Å². The summed E-state index contributed by atoms with van der Waals surface area (Å²) in [6.45, 7) is 5.67. The highest BCUT2D eigenvalue weighted by molar-refractivity contribution is 8.17. The summed E-state index contributed by atoms with van der Waals surface area (Å²) in [6.07, 6.45) is 11.4. The molecule has 0 radical (unpaired) electrons. The Labute approximate surface area is 166 Å². The number of aliphatic imine (C=N–C) groups is 1. The number of terminal acetylenes is 1. The molecule has 1 unspecified atom stereocenters. The molecule has 0 aliphatic carbocycles. The van der Waals surface area contributed by atoms with Crippen LogP contribution in [-0.2, 0) is 5.54 Å². The van der Waals surface area contributed by atoms with Crippen LogP contribution in [0.15, 0.2) is 46.6 Å². The van der Waals surface area contributed by atoms with Gasteiger partial charge in [0.15, 0.2) is 0 Å². The number of hydrogen-bond acceptors (Lipinski definition) is 6. The van der Waals surface area contributed by atoms with Gasteiger partial charge >= 0.3 is 0 Å². The Morgan fingerprint density at radius 1 is 1.32 bits per heavy atom. The van der Waals surface area contributed by atoms with Crippen molar-refractivity contribution in [2.24, 2.45) is 4.99 Å². The zero-order valence-electron chi connectivity index (χ0n) is 15.5. The SMILES string of the molecule is C#COc1cnc(C(=O)Nc2ccc(F)c(C3(C)C=C(C)SC(C)=N3)c2)cn1. The van der Waals surface area contributed by atoms with Crippen LogP contribution in [0.5, 0.6) is 5.88 Å². The number of nitrogens with zero attached hydrogens (tertiary/aromatic N) is 3. The Hall–Kier alpha value is -3.18. The van der Waals surface area contributed by atoms with Gasteiger partial charge in [0.1, 0.15) is 23.2 Å². The summed E-state index contributed by atoms with van der Waals surface area (Å²) in [4.78, 5) is 25.9. The minimum atomic E-state index is -0.849. The second-order valence-electron chi connectivity index (χ2n) is 6.24. The summed E-state index contributed by atoms with van der Waals surface area (Å²) < 4.78 is 19.3. The van der Waals surface area contributed by atoms with E-state index in [1.807, 2.05) is 33.0 Å². The predicted molar refractivity (Wildman–Crippen MR) is 108 cm³/mol. The fourth-order valence-corrected chi connectivity index (χ4v) is 3.90. The number of amides is 1. The molecule has 1 atom stereocenters. The van der Waals surface area contributed by atoms with Crippen LogP contribution in [0.25, 0.3) is 0 Å². The molecule has 1 amide bonds. The number of nitrogens with one attached hydrogen (secondary N) is 1. The van der Waals surface area contributed by atoms with Gasteiger partial charge in [-0.2, -0.15) is 0 Å². The van der Waals surface area contributed by atoms with Crippen LogP contribution in [0, 0.1) is 18.3 Å². The third-order valence-electron chi connectivity index (χ3n) is 3.98. The Bertz CT molecular complexity index is 1010. The molecule has 1 aromatic carbocycles. The van der Waals surface area contributed by atoms with Crippen LogP contribution < -0.4 is 10.1 Å². The smallest absolute Gasteiger partial charge is 0.275 e. The molecule has 1 aromatic heterocycles. The summed E-state index contributed by atoms with van der Waals surface area (Å²) in [5.41, 5.74) is 0.0110. The van der Waals surface area contributed by atoms with E-state index in [-0.39, 0.29) is 11.6 Å². The van der Waals surface area contributed by atoms with E-state index in [0.717, 1.165) is 9.95 Å². The molecule has 0 bridgehead atoms. The molecule has 0 fully saturated rings. The van der Waals surface area contributed by atoms with Crippen LogP contribution in [0.3, 0.4) is 0 Å². The minimum absolute atomic E-state index is 0.0696. The highest BCUT2D eigenvalue weighted by Crippen LogP contribution is 2.38. The maximum absolute atomic E-state index is 14.6. The van der Waals surface area contributed by atoms with Gasteiger partial charge in [0.05, 0.1) is 17.4 Å². The van der Waals surface area contributed by atoms with Crippen molar-refractivity contribution in [3.8, 4) is 18.4 Å². The van der Waals surface area contributed by atoms with E-state index in [2.05, 4.69) is 20.3 Å². The molecule has 8 heteroatoms. The molecular weight excluding hydrogens is 379 g/mol. The molecule has 0 saturated heterocycles. The van der Waals surface area contributed by atoms with Gasteiger partial charge in [-0.1, -0.05) is 18.2 Å². The maximum Gasteiger partial charge on any atom is 0.275 e. The molecule has 1 aliphatic heterocycles. The molecular formula is C20H17FN4O2S. The second kappa shape index (κ2) is 7.82. The Morgan fingerprint density at radius 2 is 2.11 bits per heavy atom. The number of aromatic nitrogens is 2. The van der Waals surface area contributed by atoms with Gasteiger partial charge in [-0.15, -0.1) is 0 Å². The third-order valence-corrected chi connectivity index (χ3v) is 4.80. The highest BCUT2D eigenvalue weighted by atomic mass is 32.2. The van der Waals surface area contributed by atoms with Crippen molar-refractivity contribution in [2.75, 3.05) is 5.32 Å². The van der Waals surface area contributed by atoms with Crippen LogP contribution in [0.4, 0.5) is 10.1 Å². The Kier molecular flexibility index (Phi) is 5.47. The van der Waals surface area contributed by atoms with Gasteiger partial charge in [-0.3, -0.25) is 9.79 Å². The van der Waals surface area contributed by atoms with Crippen LogP contribution in [0.2, 0.25) is 0 Å². The largest absolute Gasteiger partial charge is 0.386 e. The monoisotopic (exact) mass is 396 g/mol. The van der Waals surface area contributed by atoms with Gasteiger partial charge in [0.25, 0.3) is 5.91 Å². The van der Waals surface area contributed by atoms with Crippen LogP contribution in [-0.4, -0.2) is 20.9 Å². The van der Waals surface area contributed by atoms with Gasteiger partial charge < -0.3 is 10.1 Å². The lowest BCUT2D eigenvalue weighted by atomic mass is 9.91. The highest BCUT2D eigenvalue weighted by Gasteiger charge is 2.30. The van der Waals surface area contributed by atoms with Crippen LogP contribution in [0.1, 0.15) is 36.8 Å². The number of halogens is 1. The lowest BCUT2D eigenvalue weighted by Gasteiger charge is -2.28. The number of hydrogen-bond donors (Lipinski definition) is 1. The fraction of sp³-hybridized carbons (Fsp3) is 0.200. The maximum atomic E-state index is 14.6. The number of benzene rings is 1. The van der Waals surface area contributed by atoms with E-state index in [1.165, 1.54) is 24.5 Å². The Balaban J connectivity index is 1.86. The zero-order valence-corrected chi connectivity index (χ0v) is 16.3. The Morgan fingerprint density at radius 3 is 2.75 bits per heavy atom. The van der Waals surface area contributed by atoms with E-state index < -0.39 is 17.3 Å². The summed E-state index contributed by atoms with van der Waals surface area (Å²) in [5.74, 6) is -0.779. The molecule has 6 nitrogen and oxygen atoms in total. The number of thioether (sulfide) groups is 1. The molecule has 2 aromatic rings. The number of rotatable bonds is 4. The van der Waals surface area contributed by atoms with E-state index in [1.54, 1.807) is 17.8 Å². The van der Waals surface area contributed by atoms with Crippen molar-refractivity contribution in [3.05, 3.63) is 58.6 Å². The van der Waals surface area contributed by atoms with Crippen molar-refractivity contribution in [3.63, 3.8) is 0 Å². The first-order valence-corrected chi connectivity index (χ1v) is 9.12. The summed E-state index contributed by atoms with van der Waals surface area (Å²) >= 11 is 1.54. The molecule has 1 aliphatic rings. The van der Waals surface area contributed by atoms with Crippen molar-refractivity contribution in [1.82, 2.24) is 9.97 Å². The van der Waals surface area contributed by atoms with Crippen LogP contribution >= 0.6 is 11.8 Å². The number of carbonyl (C=O) groups is 1. The molecule has 2 heterocycles. The van der Waals surface area contributed by atoms with E-state index >= 15 is 0 Å².